The molecule has 0 saturated carbocycles. The molecule has 3 unspecified atom stereocenters. The van der Waals surface area contributed by atoms with Gasteiger partial charge in [-0.05, 0) is 31.4 Å². The van der Waals surface area contributed by atoms with E-state index in [0.29, 0.717) is 12.0 Å². The van der Waals surface area contributed by atoms with Gasteiger partial charge in [0.25, 0.3) is 0 Å². The summed E-state index contributed by atoms with van der Waals surface area (Å²) in [5, 5.41) is 3.56. The third-order valence-corrected chi connectivity index (χ3v) is 4.68. The molecule has 0 saturated heterocycles. The molecule has 0 aliphatic carbocycles. The first-order valence-corrected chi connectivity index (χ1v) is 7.23. The summed E-state index contributed by atoms with van der Waals surface area (Å²) in [7, 11) is 0. The fraction of sp³-hybridized carbons (Fsp3) is 0.667. The van der Waals surface area contributed by atoms with Crippen molar-refractivity contribution in [1.82, 2.24) is 5.32 Å². The van der Waals surface area contributed by atoms with E-state index < -0.39 is 0 Å². The monoisotopic (exact) mass is 279 g/mol. The zero-order chi connectivity index (χ0) is 12.3. The highest BCUT2D eigenvalue weighted by molar-refractivity contribution is 7.20. The molecule has 0 fully saturated rings. The summed E-state index contributed by atoms with van der Waals surface area (Å²) < 4.78 is 1.55. The minimum absolute atomic E-state index is 0.250. The van der Waals surface area contributed by atoms with Crippen LogP contribution in [-0.4, -0.2) is 6.04 Å². The van der Waals surface area contributed by atoms with Crippen LogP contribution in [0.25, 0.3) is 0 Å². The Morgan fingerprint density at radius 3 is 2.38 bits per heavy atom. The normalized spacial score (nSPS) is 17.1. The molecule has 4 heteroatoms. The molecular formula is C12H19Cl2NS. The lowest BCUT2D eigenvalue weighted by Gasteiger charge is -2.24. The second-order valence-electron chi connectivity index (χ2n) is 4.34. The SMILES string of the molecule is CCC(C)C(C)NC(C)c1cc(Cl)sc1Cl. The smallest absolute Gasteiger partial charge is 0.0991 e. The topological polar surface area (TPSA) is 12.0 Å². The van der Waals surface area contributed by atoms with Crippen LogP contribution in [0.15, 0.2) is 6.07 Å². The van der Waals surface area contributed by atoms with Crippen LogP contribution in [0.1, 0.15) is 45.7 Å². The maximum atomic E-state index is 6.13. The molecule has 1 N–H and O–H groups in total. The van der Waals surface area contributed by atoms with Crippen molar-refractivity contribution in [3.8, 4) is 0 Å². The van der Waals surface area contributed by atoms with Gasteiger partial charge in [-0.1, -0.05) is 43.5 Å². The van der Waals surface area contributed by atoms with E-state index >= 15 is 0 Å². The molecule has 1 heterocycles. The van der Waals surface area contributed by atoms with Crippen molar-refractivity contribution in [2.24, 2.45) is 5.92 Å². The van der Waals surface area contributed by atoms with E-state index in [2.05, 4.69) is 33.0 Å². The number of hydrogen-bond donors (Lipinski definition) is 1. The molecule has 1 nitrogen and oxygen atoms in total. The van der Waals surface area contributed by atoms with E-state index in [4.69, 9.17) is 23.2 Å². The van der Waals surface area contributed by atoms with E-state index in [9.17, 15) is 0 Å². The fourth-order valence-electron chi connectivity index (χ4n) is 1.65. The summed E-state index contributed by atoms with van der Waals surface area (Å²) in [6, 6.07) is 2.69. The van der Waals surface area contributed by atoms with Crippen molar-refractivity contribution in [2.45, 2.75) is 46.2 Å². The van der Waals surface area contributed by atoms with Crippen molar-refractivity contribution in [2.75, 3.05) is 0 Å². The average Bonchev–Trinajstić information content (AvgIpc) is 2.56. The van der Waals surface area contributed by atoms with E-state index in [-0.39, 0.29) is 6.04 Å². The minimum Gasteiger partial charge on any atom is -0.307 e. The molecule has 16 heavy (non-hydrogen) atoms. The van der Waals surface area contributed by atoms with Crippen LogP contribution in [0, 0.1) is 5.92 Å². The van der Waals surface area contributed by atoms with Crippen molar-refractivity contribution in [3.63, 3.8) is 0 Å². The van der Waals surface area contributed by atoms with Gasteiger partial charge >= 0.3 is 0 Å². The van der Waals surface area contributed by atoms with Gasteiger partial charge in [-0.2, -0.15) is 0 Å². The zero-order valence-corrected chi connectivity index (χ0v) is 12.5. The number of halogens is 2. The largest absolute Gasteiger partial charge is 0.307 e. The molecule has 1 aromatic heterocycles. The first kappa shape index (κ1) is 14.3. The Morgan fingerprint density at radius 2 is 1.94 bits per heavy atom. The van der Waals surface area contributed by atoms with Crippen LogP contribution in [0.2, 0.25) is 8.67 Å². The molecule has 0 aromatic carbocycles. The Labute approximate surface area is 112 Å². The molecule has 0 radical (unpaired) electrons. The molecular weight excluding hydrogens is 261 g/mol. The van der Waals surface area contributed by atoms with Gasteiger partial charge in [-0.15, -0.1) is 11.3 Å². The molecule has 1 aromatic rings. The quantitative estimate of drug-likeness (QED) is 0.787. The van der Waals surface area contributed by atoms with Gasteiger partial charge in [0.15, 0.2) is 0 Å². The molecule has 0 aliphatic rings. The minimum atomic E-state index is 0.250. The molecule has 1 rings (SSSR count). The van der Waals surface area contributed by atoms with Gasteiger partial charge in [0.05, 0.1) is 8.67 Å². The van der Waals surface area contributed by atoms with Crippen LogP contribution >= 0.6 is 34.5 Å². The highest BCUT2D eigenvalue weighted by Crippen LogP contribution is 2.35. The predicted molar refractivity (Wildman–Crippen MR) is 74.8 cm³/mol. The van der Waals surface area contributed by atoms with E-state index in [1.54, 1.807) is 0 Å². The van der Waals surface area contributed by atoms with Crippen LogP contribution in [0.3, 0.4) is 0 Å². The lowest BCUT2D eigenvalue weighted by atomic mass is 9.99. The van der Waals surface area contributed by atoms with Crippen LogP contribution in [0.5, 0.6) is 0 Å². The number of hydrogen-bond acceptors (Lipinski definition) is 2. The Balaban J connectivity index is 2.65. The molecule has 0 amide bonds. The number of rotatable bonds is 5. The maximum absolute atomic E-state index is 6.13. The summed E-state index contributed by atoms with van der Waals surface area (Å²) >= 11 is 13.5. The first-order chi connectivity index (χ1) is 7.45. The van der Waals surface area contributed by atoms with Gasteiger partial charge in [-0.3, -0.25) is 0 Å². The van der Waals surface area contributed by atoms with Gasteiger partial charge < -0.3 is 5.32 Å². The highest BCUT2D eigenvalue weighted by Gasteiger charge is 2.17. The van der Waals surface area contributed by atoms with Gasteiger partial charge in [0, 0.05) is 12.1 Å². The van der Waals surface area contributed by atoms with Gasteiger partial charge in [-0.25, -0.2) is 0 Å². The average molecular weight is 280 g/mol. The van der Waals surface area contributed by atoms with Crippen LogP contribution < -0.4 is 5.32 Å². The molecule has 0 bridgehead atoms. The molecule has 3 atom stereocenters. The molecule has 0 aliphatic heterocycles. The number of thiophene rings is 1. The van der Waals surface area contributed by atoms with Crippen molar-refractivity contribution >= 4 is 34.5 Å². The second-order valence-corrected chi connectivity index (χ2v) is 6.63. The lowest BCUT2D eigenvalue weighted by molar-refractivity contribution is 0.360. The van der Waals surface area contributed by atoms with Gasteiger partial charge in [0.1, 0.15) is 0 Å². The Morgan fingerprint density at radius 1 is 1.31 bits per heavy atom. The fourth-order valence-corrected chi connectivity index (χ4v) is 3.30. The summed E-state index contributed by atoms with van der Waals surface area (Å²) in [5.74, 6) is 0.662. The van der Waals surface area contributed by atoms with Crippen molar-refractivity contribution in [1.29, 1.82) is 0 Å². The molecule has 0 spiro atoms. The Bertz CT molecular complexity index is 338. The highest BCUT2D eigenvalue weighted by atomic mass is 35.5. The van der Waals surface area contributed by atoms with Crippen molar-refractivity contribution < 1.29 is 0 Å². The predicted octanol–water partition coefficient (Wildman–Crippen LogP) is 5.14. The first-order valence-electron chi connectivity index (χ1n) is 5.66. The van der Waals surface area contributed by atoms with Crippen LogP contribution in [0.4, 0.5) is 0 Å². The Kier molecular flexibility index (Phi) is 5.58. The Hall–Kier alpha value is 0.240. The van der Waals surface area contributed by atoms with E-state index in [0.717, 1.165) is 14.2 Å². The zero-order valence-electron chi connectivity index (χ0n) is 10.2. The summed E-state index contributed by atoms with van der Waals surface area (Å²) in [6.07, 6.45) is 1.18. The lowest BCUT2D eigenvalue weighted by Crippen LogP contribution is -2.33. The third kappa shape index (κ3) is 3.63. The van der Waals surface area contributed by atoms with Crippen LogP contribution in [-0.2, 0) is 0 Å². The molecule has 92 valence electrons. The summed E-state index contributed by atoms with van der Waals surface area (Å²) in [6.45, 7) is 8.81. The second kappa shape index (κ2) is 6.25. The number of nitrogens with one attached hydrogen (secondary N) is 1. The summed E-state index contributed by atoms with van der Waals surface area (Å²) in [4.78, 5) is 0. The standard InChI is InChI=1S/C12H19Cl2NS/c1-5-7(2)8(3)15-9(4)10-6-11(13)16-12(10)14/h6-9,15H,5H2,1-4H3. The summed E-state index contributed by atoms with van der Waals surface area (Å²) in [5.41, 5.74) is 1.10. The maximum Gasteiger partial charge on any atom is 0.0991 e. The van der Waals surface area contributed by atoms with Crippen molar-refractivity contribution in [3.05, 3.63) is 20.3 Å². The van der Waals surface area contributed by atoms with E-state index in [1.165, 1.54) is 17.8 Å². The van der Waals surface area contributed by atoms with Gasteiger partial charge in [0.2, 0.25) is 0 Å². The third-order valence-electron chi connectivity index (χ3n) is 3.16. The van der Waals surface area contributed by atoms with E-state index in [1.807, 2.05) is 6.07 Å².